The lowest BCUT2D eigenvalue weighted by atomic mass is 9.92. The Balaban J connectivity index is 1.99. The maximum atomic E-state index is 13.1. The molecule has 10 heteroatoms. The molecule has 2 unspecified atom stereocenters. The number of hydrogen-bond acceptors (Lipinski definition) is 4. The summed E-state index contributed by atoms with van der Waals surface area (Å²) in [5.41, 5.74) is -2.68. The average molecular weight is 495 g/mol. The first-order valence-corrected chi connectivity index (χ1v) is 9.41. The van der Waals surface area contributed by atoms with Crippen molar-refractivity contribution in [2.75, 3.05) is 4.90 Å². The second kappa shape index (κ2) is 7.29. The van der Waals surface area contributed by atoms with Gasteiger partial charge in [-0.2, -0.15) is 13.2 Å². The van der Waals surface area contributed by atoms with E-state index >= 15 is 0 Å². The van der Waals surface area contributed by atoms with Crippen molar-refractivity contribution in [3.05, 3.63) is 63.1 Å². The summed E-state index contributed by atoms with van der Waals surface area (Å²) in [4.78, 5) is 13.8. The molecule has 2 aromatic rings. The topological polar surface area (TPSA) is 49.8 Å². The van der Waals surface area contributed by atoms with Crippen LogP contribution in [0.5, 0.6) is 0 Å². The molecule has 0 aliphatic carbocycles. The number of amides is 1. The van der Waals surface area contributed by atoms with Crippen LogP contribution in [0.25, 0.3) is 0 Å². The fourth-order valence-corrected chi connectivity index (χ4v) is 3.65. The second-order valence-corrected chi connectivity index (χ2v) is 7.90. The summed E-state index contributed by atoms with van der Waals surface area (Å²) in [6.07, 6.45) is -6.11. The third-order valence-corrected chi connectivity index (χ3v) is 5.45. The minimum Gasteiger partial charge on any atom is -0.451 e. The van der Waals surface area contributed by atoms with Crippen LogP contribution in [0.2, 0.25) is 5.02 Å². The molecule has 1 amide bonds. The molecule has 1 saturated heterocycles. The summed E-state index contributed by atoms with van der Waals surface area (Å²) in [7, 11) is 0. The lowest BCUT2D eigenvalue weighted by Crippen LogP contribution is -2.43. The van der Waals surface area contributed by atoms with E-state index in [1.807, 2.05) is 0 Å². The first-order chi connectivity index (χ1) is 12.9. The number of benzene rings is 2. The van der Waals surface area contributed by atoms with Crippen molar-refractivity contribution in [3.8, 4) is 0 Å². The molecule has 28 heavy (non-hydrogen) atoms. The first kappa shape index (κ1) is 21.0. The quantitative estimate of drug-likeness (QED) is 0.591. The molecule has 3 rings (SSSR count). The normalized spacial score (nSPS) is 21.0. The summed E-state index contributed by atoms with van der Waals surface area (Å²) in [6.45, 7) is 1.33. The first-order valence-electron chi connectivity index (χ1n) is 7.83. The zero-order chi connectivity index (χ0) is 20.9. The van der Waals surface area contributed by atoms with E-state index in [2.05, 4.69) is 15.9 Å². The highest BCUT2D eigenvalue weighted by Crippen LogP contribution is 2.41. The number of rotatable bonds is 3. The van der Waals surface area contributed by atoms with Gasteiger partial charge in [0.2, 0.25) is 5.60 Å². The number of anilines is 1. The van der Waals surface area contributed by atoms with Crippen LogP contribution in [0.15, 0.2) is 46.9 Å². The fraction of sp³-hybridized carbons (Fsp3) is 0.222. The van der Waals surface area contributed by atoms with Crippen molar-refractivity contribution in [2.24, 2.45) is 0 Å². The van der Waals surface area contributed by atoms with Gasteiger partial charge < -0.3 is 9.84 Å². The molecule has 1 N–H and O–H groups in total. The number of carbonyl (C=O) groups excluding carboxylic acids is 1. The van der Waals surface area contributed by atoms with Gasteiger partial charge in [0.1, 0.15) is 6.10 Å². The molecule has 0 spiro atoms. The number of hydrogen-bond donors (Lipinski definition) is 1. The van der Waals surface area contributed by atoms with Gasteiger partial charge >= 0.3 is 6.18 Å². The van der Waals surface area contributed by atoms with Gasteiger partial charge in [-0.3, -0.25) is 4.79 Å². The summed E-state index contributed by atoms with van der Waals surface area (Å²) >= 11 is 14.0. The van der Waals surface area contributed by atoms with Crippen molar-refractivity contribution in [2.45, 2.75) is 24.8 Å². The number of halogens is 5. The minimum absolute atomic E-state index is 0.154. The van der Waals surface area contributed by atoms with Crippen molar-refractivity contribution >= 4 is 56.5 Å². The van der Waals surface area contributed by atoms with Gasteiger partial charge in [0.25, 0.3) is 11.1 Å². The number of aliphatic hydroxyl groups excluding tert-OH is 1. The van der Waals surface area contributed by atoms with E-state index in [9.17, 15) is 23.1 Å². The molecule has 0 bridgehead atoms. The zero-order valence-electron chi connectivity index (χ0n) is 14.1. The monoisotopic (exact) mass is 493 g/mol. The molecular weight excluding hydrogens is 483 g/mol. The summed E-state index contributed by atoms with van der Waals surface area (Å²) in [5, 5.41) is 9.83. The van der Waals surface area contributed by atoms with Gasteiger partial charge in [-0.25, -0.2) is 4.90 Å². The molecular formula is C18H12BrClF3NO3S. The zero-order valence-corrected chi connectivity index (χ0v) is 17.3. The highest BCUT2D eigenvalue weighted by molar-refractivity contribution is 9.10. The number of ether oxygens (including phenoxy) is 1. The number of nitrogens with zero attached hydrogens (tertiary/aromatic N) is 1. The van der Waals surface area contributed by atoms with Crippen LogP contribution in [-0.2, 0) is 15.7 Å². The molecule has 2 atom stereocenters. The van der Waals surface area contributed by atoms with Gasteiger partial charge in [0.15, 0.2) is 0 Å². The Hall–Kier alpha value is -1.68. The highest BCUT2D eigenvalue weighted by Gasteiger charge is 2.54. The lowest BCUT2D eigenvalue weighted by Gasteiger charge is -2.26. The Labute approximate surface area is 177 Å². The number of alkyl halides is 3. The van der Waals surface area contributed by atoms with E-state index in [-0.39, 0.29) is 10.9 Å². The molecule has 0 aromatic heterocycles. The smallest absolute Gasteiger partial charge is 0.417 e. The predicted octanol–water partition coefficient (Wildman–Crippen LogP) is 5.26. The highest BCUT2D eigenvalue weighted by atomic mass is 79.9. The number of aliphatic hydroxyl groups is 1. The summed E-state index contributed by atoms with van der Waals surface area (Å²) in [6, 6.07) is 9.49. The molecule has 2 aromatic carbocycles. The largest absolute Gasteiger partial charge is 0.451 e. The van der Waals surface area contributed by atoms with E-state index in [4.69, 9.17) is 28.6 Å². The SMILES string of the molecule is CC1(C(O)c2ccc(Br)cc2)OC(=S)N(c2ccc(Cl)c(C(F)(F)F)c2)C1=O. The summed E-state index contributed by atoms with van der Waals surface area (Å²) in [5.74, 6) is -0.789. The third kappa shape index (κ3) is 3.63. The Morgan fingerprint density at radius 1 is 1.25 bits per heavy atom. The van der Waals surface area contributed by atoms with Crippen LogP contribution in [0.1, 0.15) is 24.2 Å². The van der Waals surface area contributed by atoms with E-state index in [1.165, 1.54) is 13.0 Å². The van der Waals surface area contributed by atoms with E-state index in [0.717, 1.165) is 15.4 Å². The minimum atomic E-state index is -4.71. The Kier molecular flexibility index (Phi) is 5.48. The van der Waals surface area contributed by atoms with Gasteiger partial charge in [0.05, 0.1) is 16.3 Å². The van der Waals surface area contributed by atoms with Crippen molar-refractivity contribution in [1.82, 2.24) is 0 Å². The molecule has 148 valence electrons. The Morgan fingerprint density at radius 3 is 2.43 bits per heavy atom. The van der Waals surface area contributed by atoms with E-state index in [1.54, 1.807) is 24.3 Å². The van der Waals surface area contributed by atoms with E-state index in [0.29, 0.717) is 11.6 Å². The summed E-state index contributed by atoms with van der Waals surface area (Å²) < 4.78 is 45.7. The van der Waals surface area contributed by atoms with Gasteiger partial charge in [0, 0.05) is 4.47 Å². The standard InChI is InChI=1S/C18H12BrClF3NO3S/c1-17(14(25)9-2-4-10(19)5-3-9)15(26)24(16(28)27-17)11-6-7-13(20)12(8-11)18(21,22)23/h2-8,14,25H,1H3. The fourth-order valence-electron chi connectivity index (χ4n) is 2.80. The third-order valence-electron chi connectivity index (χ3n) is 4.33. The Morgan fingerprint density at radius 2 is 1.86 bits per heavy atom. The van der Waals surface area contributed by atoms with Gasteiger partial charge in [-0.05, 0) is 55.0 Å². The van der Waals surface area contributed by atoms with Crippen molar-refractivity contribution in [1.29, 1.82) is 0 Å². The lowest BCUT2D eigenvalue weighted by molar-refractivity contribution is -0.138. The second-order valence-electron chi connectivity index (χ2n) is 6.23. The molecule has 0 radical (unpaired) electrons. The maximum absolute atomic E-state index is 13.1. The van der Waals surface area contributed by atoms with Crippen LogP contribution >= 0.6 is 39.7 Å². The van der Waals surface area contributed by atoms with Crippen LogP contribution in [-0.4, -0.2) is 21.8 Å². The maximum Gasteiger partial charge on any atom is 0.417 e. The van der Waals surface area contributed by atoms with Crippen LogP contribution in [0.3, 0.4) is 0 Å². The van der Waals surface area contributed by atoms with Crippen LogP contribution in [0.4, 0.5) is 18.9 Å². The Bertz CT molecular complexity index is 954. The van der Waals surface area contributed by atoms with Gasteiger partial charge in [-0.15, -0.1) is 0 Å². The predicted molar refractivity (Wildman–Crippen MR) is 105 cm³/mol. The molecule has 4 nitrogen and oxygen atoms in total. The molecule has 1 aliphatic heterocycles. The van der Waals surface area contributed by atoms with Crippen molar-refractivity contribution < 1.29 is 27.8 Å². The number of thiocarbonyl (C=S) groups is 1. The average Bonchev–Trinajstić information content (AvgIpc) is 2.85. The van der Waals surface area contributed by atoms with Crippen LogP contribution < -0.4 is 4.90 Å². The van der Waals surface area contributed by atoms with Crippen LogP contribution in [0, 0.1) is 0 Å². The van der Waals surface area contributed by atoms with E-state index < -0.39 is 34.4 Å². The molecule has 0 saturated carbocycles. The van der Waals surface area contributed by atoms with Gasteiger partial charge in [-0.1, -0.05) is 39.7 Å². The molecule has 1 heterocycles. The van der Waals surface area contributed by atoms with Crippen molar-refractivity contribution in [3.63, 3.8) is 0 Å². The molecule has 1 aliphatic rings. The number of carbonyl (C=O) groups is 1. The molecule has 1 fully saturated rings.